The van der Waals surface area contributed by atoms with Gasteiger partial charge in [0, 0.05) is 45.1 Å². The number of aromatic nitrogens is 3. The molecule has 0 spiro atoms. The van der Waals surface area contributed by atoms with Crippen molar-refractivity contribution in [2.24, 2.45) is 0 Å². The van der Waals surface area contributed by atoms with Crippen LogP contribution in [-0.2, 0) is 20.0 Å². The topological polar surface area (TPSA) is 118 Å². The van der Waals surface area contributed by atoms with Gasteiger partial charge in [0.2, 0.25) is 5.91 Å². The highest BCUT2D eigenvalue weighted by molar-refractivity contribution is 7.91. The molecule has 2 aromatic heterocycles. The van der Waals surface area contributed by atoms with Crippen LogP contribution in [0.15, 0.2) is 64.1 Å². The zero-order valence-electron chi connectivity index (χ0n) is 21.5. The molecule has 0 aliphatic heterocycles. The summed E-state index contributed by atoms with van der Waals surface area (Å²) in [4.78, 5) is 23.3. The summed E-state index contributed by atoms with van der Waals surface area (Å²) in [7, 11) is -1.68. The fraction of sp³-hybridized carbons (Fsp3) is 0.259. The van der Waals surface area contributed by atoms with E-state index in [4.69, 9.17) is 39.3 Å². The third-order valence-electron chi connectivity index (χ3n) is 6.73. The fourth-order valence-electron chi connectivity index (χ4n) is 4.39. The molecule has 1 N–H and O–H groups in total. The zero-order chi connectivity index (χ0) is 28.7. The summed E-state index contributed by atoms with van der Waals surface area (Å²) in [6, 6.07) is 13.4. The van der Waals surface area contributed by atoms with E-state index in [0.717, 1.165) is 18.4 Å². The minimum absolute atomic E-state index is 0.0170. The Bertz CT molecular complexity index is 1650. The second-order valence-electron chi connectivity index (χ2n) is 9.49. The van der Waals surface area contributed by atoms with Gasteiger partial charge in [0.05, 0.1) is 22.6 Å². The first-order valence-electron chi connectivity index (χ1n) is 12.3. The smallest absolute Gasteiger partial charge is 0.257 e. The number of carbonyl (C=O) groups excluding carboxylic acids is 1. The highest BCUT2D eigenvalue weighted by Crippen LogP contribution is 2.57. The van der Waals surface area contributed by atoms with Gasteiger partial charge < -0.3 is 14.7 Å². The van der Waals surface area contributed by atoms with Crippen LogP contribution in [0.25, 0.3) is 11.5 Å². The third kappa shape index (κ3) is 5.67. The van der Waals surface area contributed by atoms with Crippen LogP contribution >= 0.6 is 34.8 Å². The van der Waals surface area contributed by atoms with Gasteiger partial charge in [-0.2, -0.15) is 4.98 Å². The maximum Gasteiger partial charge on any atom is 0.257 e. The second-order valence-corrected chi connectivity index (χ2v) is 13.0. The van der Waals surface area contributed by atoms with E-state index in [2.05, 4.69) is 20.4 Å². The van der Waals surface area contributed by atoms with Crippen molar-refractivity contribution in [3.8, 4) is 11.5 Å². The van der Waals surface area contributed by atoms with Crippen LogP contribution in [0.1, 0.15) is 31.2 Å². The molecule has 1 saturated carbocycles. The number of amides is 1. The molecule has 1 fully saturated rings. The highest BCUT2D eigenvalue weighted by atomic mass is 35.5. The average molecular weight is 621 g/mol. The monoisotopic (exact) mass is 619 g/mol. The lowest BCUT2D eigenvalue weighted by atomic mass is 9.94. The first-order chi connectivity index (χ1) is 19.0. The number of benzene rings is 2. The van der Waals surface area contributed by atoms with Crippen molar-refractivity contribution >= 4 is 62.1 Å². The normalized spacial score (nSPS) is 14.1. The summed E-state index contributed by atoms with van der Waals surface area (Å²) in [5, 5.41) is 8.38. The number of rotatable bonds is 9. The van der Waals surface area contributed by atoms with Gasteiger partial charge >= 0.3 is 0 Å². The van der Waals surface area contributed by atoms with Crippen molar-refractivity contribution in [3.63, 3.8) is 0 Å². The Kier molecular flexibility index (Phi) is 7.80. The molecular formula is C27H24Cl3N5O4S. The number of hydrogen-bond donors (Lipinski definition) is 1. The predicted octanol–water partition coefficient (Wildman–Crippen LogP) is 6.04. The van der Waals surface area contributed by atoms with Crippen molar-refractivity contribution in [3.05, 3.63) is 81.2 Å². The summed E-state index contributed by atoms with van der Waals surface area (Å²) in [5.74, 6) is 0.961. The molecule has 13 heteroatoms. The molecule has 208 valence electrons. The zero-order valence-corrected chi connectivity index (χ0v) is 24.6. The van der Waals surface area contributed by atoms with Gasteiger partial charge in [-0.05, 0) is 61.4 Å². The maximum absolute atomic E-state index is 12.8. The minimum atomic E-state index is -3.36. The molecule has 0 saturated heterocycles. The first kappa shape index (κ1) is 28.4. The molecule has 2 heterocycles. The van der Waals surface area contributed by atoms with Crippen LogP contribution in [0.5, 0.6) is 0 Å². The average Bonchev–Trinajstić information content (AvgIpc) is 3.55. The van der Waals surface area contributed by atoms with E-state index >= 15 is 0 Å². The van der Waals surface area contributed by atoms with Crippen molar-refractivity contribution in [2.75, 3.05) is 29.6 Å². The van der Waals surface area contributed by atoms with Gasteiger partial charge in [-0.15, -0.1) is 0 Å². The number of hydrogen-bond acceptors (Lipinski definition) is 8. The quantitative estimate of drug-likeness (QED) is 0.241. The van der Waals surface area contributed by atoms with Gasteiger partial charge in [-0.25, -0.2) is 13.4 Å². The fourth-order valence-corrected chi connectivity index (χ4v) is 6.18. The molecule has 0 bridgehead atoms. The van der Waals surface area contributed by atoms with Crippen molar-refractivity contribution < 1.29 is 17.7 Å². The van der Waals surface area contributed by atoms with E-state index in [-0.39, 0.29) is 23.1 Å². The van der Waals surface area contributed by atoms with Crippen LogP contribution in [0.3, 0.4) is 0 Å². The van der Waals surface area contributed by atoms with Gasteiger partial charge in [-0.1, -0.05) is 46.9 Å². The molecule has 0 unspecified atom stereocenters. The lowest BCUT2D eigenvalue weighted by Gasteiger charge is -2.19. The molecule has 4 aromatic rings. The van der Waals surface area contributed by atoms with E-state index in [1.54, 1.807) is 61.3 Å². The van der Waals surface area contributed by atoms with E-state index in [1.807, 2.05) is 0 Å². The molecule has 0 radical (unpaired) electrons. The van der Waals surface area contributed by atoms with Crippen LogP contribution in [-0.4, -0.2) is 48.8 Å². The van der Waals surface area contributed by atoms with Gasteiger partial charge in [0.15, 0.2) is 15.7 Å². The lowest BCUT2D eigenvalue weighted by Crippen LogP contribution is -2.30. The Balaban J connectivity index is 1.29. The highest BCUT2D eigenvalue weighted by Gasteiger charge is 2.52. The van der Waals surface area contributed by atoms with Crippen LogP contribution in [0.2, 0.25) is 15.1 Å². The predicted molar refractivity (Wildman–Crippen MR) is 155 cm³/mol. The second kappa shape index (κ2) is 11.0. The Morgan fingerprint density at radius 1 is 1.07 bits per heavy atom. The molecule has 1 aliphatic carbocycles. The third-order valence-corrected chi connectivity index (χ3v) is 9.30. The number of sulfone groups is 1. The summed E-state index contributed by atoms with van der Waals surface area (Å²) in [5.41, 5.74) is 1.28. The molecule has 5 rings (SSSR count). The standard InChI is InChI=1S/C27H24Cl3N5O4S/c1-3-40(37,38)19-8-9-22(31-14-19)35(2)15-23(36)32-18-12-20(29)24(21(30)13-18)27(10-11-27)26-33-25(39-34-26)16-4-6-17(28)7-5-16/h4-9,12-14H,3,10-11,15H2,1-2H3,(H,32,36). The molecule has 9 nitrogen and oxygen atoms in total. The number of nitrogens with one attached hydrogen (secondary N) is 1. The number of carbonyl (C=O) groups is 1. The van der Waals surface area contributed by atoms with Crippen LogP contribution in [0.4, 0.5) is 11.5 Å². The summed E-state index contributed by atoms with van der Waals surface area (Å²) >= 11 is 19.4. The van der Waals surface area contributed by atoms with Gasteiger partial charge in [-0.3, -0.25) is 4.79 Å². The summed E-state index contributed by atoms with van der Waals surface area (Å²) in [6.07, 6.45) is 2.78. The Labute approximate surface area is 246 Å². The molecule has 1 amide bonds. The lowest BCUT2D eigenvalue weighted by molar-refractivity contribution is -0.114. The van der Waals surface area contributed by atoms with Crippen LogP contribution in [0, 0.1) is 0 Å². The van der Waals surface area contributed by atoms with Crippen molar-refractivity contribution in [2.45, 2.75) is 30.1 Å². The molecule has 1 aliphatic rings. The van der Waals surface area contributed by atoms with E-state index in [0.29, 0.717) is 43.9 Å². The molecule has 2 aromatic carbocycles. The Morgan fingerprint density at radius 2 is 1.75 bits per heavy atom. The minimum Gasteiger partial charge on any atom is -0.350 e. The largest absolute Gasteiger partial charge is 0.350 e. The number of halogens is 3. The molecular weight excluding hydrogens is 597 g/mol. The van der Waals surface area contributed by atoms with Crippen molar-refractivity contribution in [1.29, 1.82) is 0 Å². The number of nitrogens with zero attached hydrogens (tertiary/aromatic N) is 4. The Morgan fingerprint density at radius 3 is 2.33 bits per heavy atom. The molecule has 40 heavy (non-hydrogen) atoms. The number of anilines is 2. The number of pyridine rings is 1. The summed E-state index contributed by atoms with van der Waals surface area (Å²) in [6.45, 7) is 1.53. The number of likely N-dealkylation sites (N-methyl/N-ethyl adjacent to an activating group) is 1. The van der Waals surface area contributed by atoms with Crippen molar-refractivity contribution in [1.82, 2.24) is 15.1 Å². The van der Waals surface area contributed by atoms with Crippen LogP contribution < -0.4 is 10.2 Å². The summed E-state index contributed by atoms with van der Waals surface area (Å²) < 4.78 is 29.5. The first-order valence-corrected chi connectivity index (χ1v) is 15.1. The van der Waals surface area contributed by atoms with Gasteiger partial charge in [0.1, 0.15) is 5.82 Å². The van der Waals surface area contributed by atoms with Gasteiger partial charge in [0.25, 0.3) is 5.89 Å². The molecule has 0 atom stereocenters. The van der Waals surface area contributed by atoms with E-state index < -0.39 is 15.3 Å². The maximum atomic E-state index is 12.8. The van der Waals surface area contributed by atoms with E-state index in [9.17, 15) is 13.2 Å². The Hall–Kier alpha value is -3.18. The van der Waals surface area contributed by atoms with E-state index in [1.165, 1.54) is 12.3 Å². The SMILES string of the molecule is CCS(=O)(=O)c1ccc(N(C)CC(=O)Nc2cc(Cl)c(C3(c4noc(-c5ccc(Cl)cc5)n4)CC3)c(Cl)c2)nc1.